The molecule has 15 heavy (non-hydrogen) atoms. The SMILES string of the molecule is NCC(O)Cn1ccn2nccc2c1=O. The van der Waals surface area contributed by atoms with Crippen LogP contribution in [0.5, 0.6) is 0 Å². The number of aliphatic hydroxyl groups excluding tert-OH is 1. The lowest BCUT2D eigenvalue weighted by Gasteiger charge is -2.10. The smallest absolute Gasteiger partial charge is 0.276 e. The summed E-state index contributed by atoms with van der Waals surface area (Å²) in [5, 5.41) is 13.3. The quantitative estimate of drug-likeness (QED) is 0.664. The van der Waals surface area contributed by atoms with E-state index >= 15 is 0 Å². The first-order chi connectivity index (χ1) is 7.22. The maximum atomic E-state index is 11.8. The Morgan fingerprint density at radius 1 is 1.53 bits per heavy atom. The second kappa shape index (κ2) is 3.84. The minimum atomic E-state index is -0.701. The van der Waals surface area contributed by atoms with Gasteiger partial charge in [0.2, 0.25) is 0 Å². The summed E-state index contributed by atoms with van der Waals surface area (Å²) < 4.78 is 2.92. The summed E-state index contributed by atoms with van der Waals surface area (Å²) in [5.74, 6) is 0. The molecule has 0 amide bonds. The van der Waals surface area contributed by atoms with Crippen molar-refractivity contribution in [2.24, 2.45) is 5.73 Å². The van der Waals surface area contributed by atoms with E-state index in [-0.39, 0.29) is 18.6 Å². The van der Waals surface area contributed by atoms with Crippen molar-refractivity contribution in [2.45, 2.75) is 12.6 Å². The Hall–Kier alpha value is -1.66. The van der Waals surface area contributed by atoms with Crippen LogP contribution >= 0.6 is 0 Å². The van der Waals surface area contributed by atoms with E-state index in [2.05, 4.69) is 5.10 Å². The Balaban J connectivity index is 2.44. The molecular weight excluding hydrogens is 196 g/mol. The van der Waals surface area contributed by atoms with Gasteiger partial charge < -0.3 is 15.4 Å². The summed E-state index contributed by atoms with van der Waals surface area (Å²) in [6, 6.07) is 1.63. The molecule has 2 rings (SSSR count). The zero-order valence-electron chi connectivity index (χ0n) is 8.08. The zero-order valence-corrected chi connectivity index (χ0v) is 8.08. The summed E-state index contributed by atoms with van der Waals surface area (Å²) in [6.07, 6.45) is 4.11. The van der Waals surface area contributed by atoms with Gasteiger partial charge in [-0.25, -0.2) is 4.52 Å². The average Bonchev–Trinajstić information content (AvgIpc) is 2.70. The topological polar surface area (TPSA) is 85.6 Å². The Labute approximate surface area is 85.6 Å². The van der Waals surface area contributed by atoms with Crippen molar-refractivity contribution in [1.82, 2.24) is 14.2 Å². The predicted octanol–water partition coefficient (Wildman–Crippen LogP) is -1.18. The fourth-order valence-corrected chi connectivity index (χ4v) is 1.41. The normalized spacial score (nSPS) is 13.2. The van der Waals surface area contributed by atoms with Gasteiger partial charge in [-0.05, 0) is 6.07 Å². The highest BCUT2D eigenvalue weighted by molar-refractivity contribution is 5.42. The summed E-state index contributed by atoms with van der Waals surface area (Å²) in [7, 11) is 0. The third kappa shape index (κ3) is 1.77. The maximum Gasteiger partial charge on any atom is 0.276 e. The van der Waals surface area contributed by atoms with Crippen molar-refractivity contribution >= 4 is 5.52 Å². The molecule has 0 spiro atoms. The summed E-state index contributed by atoms with van der Waals surface area (Å²) in [4.78, 5) is 11.8. The second-order valence-electron chi connectivity index (χ2n) is 3.31. The minimum Gasteiger partial charge on any atom is -0.390 e. The van der Waals surface area contributed by atoms with Gasteiger partial charge in [0.25, 0.3) is 5.56 Å². The first-order valence-corrected chi connectivity index (χ1v) is 4.63. The van der Waals surface area contributed by atoms with Crippen molar-refractivity contribution in [1.29, 1.82) is 0 Å². The summed E-state index contributed by atoms with van der Waals surface area (Å²) in [5.41, 5.74) is 5.59. The molecule has 6 heteroatoms. The number of aliphatic hydroxyl groups is 1. The third-order valence-electron chi connectivity index (χ3n) is 2.22. The Bertz CT molecular complexity index is 516. The largest absolute Gasteiger partial charge is 0.390 e. The molecule has 0 aliphatic rings. The highest BCUT2D eigenvalue weighted by Crippen LogP contribution is 1.95. The van der Waals surface area contributed by atoms with Crippen molar-refractivity contribution in [3.8, 4) is 0 Å². The van der Waals surface area contributed by atoms with E-state index in [0.29, 0.717) is 5.52 Å². The molecule has 3 N–H and O–H groups in total. The van der Waals surface area contributed by atoms with Crippen molar-refractivity contribution in [2.75, 3.05) is 6.54 Å². The van der Waals surface area contributed by atoms with E-state index in [1.807, 2.05) is 0 Å². The highest BCUT2D eigenvalue weighted by Gasteiger charge is 2.06. The van der Waals surface area contributed by atoms with Gasteiger partial charge in [-0.15, -0.1) is 0 Å². The molecule has 1 unspecified atom stereocenters. The molecule has 1 atom stereocenters. The molecule has 0 saturated heterocycles. The number of hydrogen-bond donors (Lipinski definition) is 2. The van der Waals surface area contributed by atoms with Crippen molar-refractivity contribution < 1.29 is 5.11 Å². The van der Waals surface area contributed by atoms with Gasteiger partial charge in [-0.1, -0.05) is 0 Å². The van der Waals surface area contributed by atoms with Crippen LogP contribution in [-0.2, 0) is 6.54 Å². The molecule has 0 fully saturated rings. The van der Waals surface area contributed by atoms with E-state index in [4.69, 9.17) is 5.73 Å². The van der Waals surface area contributed by atoms with E-state index in [1.54, 1.807) is 24.7 Å². The monoisotopic (exact) mass is 208 g/mol. The molecule has 0 aromatic carbocycles. The van der Waals surface area contributed by atoms with Crippen LogP contribution in [0.4, 0.5) is 0 Å². The molecule has 0 saturated carbocycles. The molecule has 0 bridgehead atoms. The van der Waals surface area contributed by atoms with Gasteiger partial charge in [0, 0.05) is 18.9 Å². The highest BCUT2D eigenvalue weighted by atomic mass is 16.3. The lowest BCUT2D eigenvalue weighted by Crippen LogP contribution is -2.31. The Morgan fingerprint density at radius 2 is 2.33 bits per heavy atom. The Kier molecular flexibility index (Phi) is 2.53. The first-order valence-electron chi connectivity index (χ1n) is 4.63. The van der Waals surface area contributed by atoms with Crippen LogP contribution in [0.25, 0.3) is 5.52 Å². The molecule has 2 aromatic heterocycles. The van der Waals surface area contributed by atoms with E-state index in [1.165, 1.54) is 9.08 Å². The van der Waals surface area contributed by atoms with E-state index in [9.17, 15) is 9.90 Å². The summed E-state index contributed by atoms with van der Waals surface area (Å²) >= 11 is 0. The predicted molar refractivity (Wildman–Crippen MR) is 54.5 cm³/mol. The van der Waals surface area contributed by atoms with Crippen LogP contribution in [0.15, 0.2) is 29.5 Å². The molecule has 0 aliphatic carbocycles. The van der Waals surface area contributed by atoms with Gasteiger partial charge in [-0.3, -0.25) is 4.79 Å². The van der Waals surface area contributed by atoms with Crippen LogP contribution in [-0.4, -0.2) is 31.9 Å². The van der Waals surface area contributed by atoms with Crippen LogP contribution < -0.4 is 11.3 Å². The number of hydrogen-bond acceptors (Lipinski definition) is 4. The number of nitrogens with two attached hydrogens (primary N) is 1. The van der Waals surface area contributed by atoms with Gasteiger partial charge >= 0.3 is 0 Å². The van der Waals surface area contributed by atoms with Crippen molar-refractivity contribution in [3.05, 3.63) is 35.0 Å². The van der Waals surface area contributed by atoms with Gasteiger partial charge in [-0.2, -0.15) is 5.10 Å². The average molecular weight is 208 g/mol. The zero-order chi connectivity index (χ0) is 10.8. The van der Waals surface area contributed by atoms with Crippen molar-refractivity contribution in [3.63, 3.8) is 0 Å². The molecular formula is C9H12N4O2. The standard InChI is InChI=1S/C9H12N4O2/c10-5-7(14)6-12-3-4-13-8(9(12)15)1-2-11-13/h1-4,7,14H,5-6,10H2. The number of aromatic nitrogens is 3. The molecule has 0 aliphatic heterocycles. The second-order valence-corrected chi connectivity index (χ2v) is 3.31. The fraction of sp³-hybridized carbons (Fsp3) is 0.333. The molecule has 0 radical (unpaired) electrons. The summed E-state index contributed by atoms with van der Waals surface area (Å²) in [6.45, 7) is 0.341. The lowest BCUT2D eigenvalue weighted by atomic mass is 10.3. The van der Waals surface area contributed by atoms with Gasteiger partial charge in [0.05, 0.1) is 18.8 Å². The van der Waals surface area contributed by atoms with Crippen LogP contribution in [0, 0.1) is 0 Å². The first kappa shape index (κ1) is 9.88. The molecule has 80 valence electrons. The van der Waals surface area contributed by atoms with E-state index in [0.717, 1.165) is 0 Å². The Morgan fingerprint density at radius 3 is 3.07 bits per heavy atom. The third-order valence-corrected chi connectivity index (χ3v) is 2.22. The lowest BCUT2D eigenvalue weighted by molar-refractivity contribution is 0.161. The molecule has 2 aromatic rings. The van der Waals surface area contributed by atoms with Gasteiger partial charge in [0.15, 0.2) is 0 Å². The van der Waals surface area contributed by atoms with Crippen LogP contribution in [0.2, 0.25) is 0 Å². The fourth-order valence-electron chi connectivity index (χ4n) is 1.41. The maximum absolute atomic E-state index is 11.8. The van der Waals surface area contributed by atoms with E-state index < -0.39 is 6.10 Å². The number of fused-ring (bicyclic) bond motifs is 1. The molecule has 2 heterocycles. The van der Waals surface area contributed by atoms with Crippen LogP contribution in [0.1, 0.15) is 0 Å². The number of rotatable bonds is 3. The number of nitrogens with zero attached hydrogens (tertiary/aromatic N) is 3. The van der Waals surface area contributed by atoms with Gasteiger partial charge in [0.1, 0.15) is 5.52 Å². The molecule has 6 nitrogen and oxygen atoms in total. The minimum absolute atomic E-state index is 0.136. The van der Waals surface area contributed by atoms with Crippen LogP contribution in [0.3, 0.4) is 0 Å².